The van der Waals surface area contributed by atoms with Crippen molar-refractivity contribution in [2.45, 2.75) is 96.1 Å². The number of ether oxygens (including phenoxy) is 6. The first-order chi connectivity index (χ1) is 33.8. The number of H-pyrrole nitrogens is 1. The molecule has 380 valence electrons. The molecular weight excluding hydrogens is 885 g/mol. The largest absolute Gasteiger partial charge is 0.493 e. The highest BCUT2D eigenvalue weighted by molar-refractivity contribution is 6.10. The third-order valence-electron chi connectivity index (χ3n) is 11.3. The van der Waals surface area contributed by atoms with Crippen molar-refractivity contribution in [3.63, 3.8) is 0 Å². The number of benzene rings is 5. The van der Waals surface area contributed by atoms with Gasteiger partial charge < -0.3 is 64.7 Å². The molecule has 1 aromatic heterocycles. The smallest absolute Gasteiger partial charge is 0.161 e. The summed E-state index contributed by atoms with van der Waals surface area (Å²) in [6.45, 7) is 17.7. The van der Waals surface area contributed by atoms with Crippen molar-refractivity contribution < 1.29 is 43.7 Å². The van der Waals surface area contributed by atoms with Crippen LogP contribution in [0.15, 0.2) is 128 Å². The minimum atomic E-state index is -0.628. The molecule has 7 rings (SSSR count). The molecule has 0 spiro atoms. The van der Waals surface area contributed by atoms with E-state index in [0.29, 0.717) is 81.0 Å². The Morgan fingerprint density at radius 2 is 1.16 bits per heavy atom. The molecule has 0 saturated heterocycles. The number of aliphatic hydroxyl groups excluding tert-OH is 3. The number of aliphatic hydroxyl groups is 3. The molecule has 1 aliphatic carbocycles. The molecular formula is C57H78N4O9. The molecule has 3 atom stereocenters. The van der Waals surface area contributed by atoms with Crippen LogP contribution in [0.3, 0.4) is 0 Å². The van der Waals surface area contributed by atoms with E-state index in [9.17, 15) is 15.3 Å². The summed E-state index contributed by atoms with van der Waals surface area (Å²) in [4.78, 5) is 3.40. The predicted molar refractivity (Wildman–Crippen MR) is 282 cm³/mol. The first-order valence-corrected chi connectivity index (χ1v) is 24.6. The van der Waals surface area contributed by atoms with Gasteiger partial charge in [0.2, 0.25) is 0 Å². The van der Waals surface area contributed by atoms with Crippen LogP contribution in [-0.2, 0) is 0 Å². The number of para-hydroxylation sites is 6. The van der Waals surface area contributed by atoms with E-state index in [4.69, 9.17) is 28.4 Å². The topological polar surface area (TPSA) is 168 Å². The highest BCUT2D eigenvalue weighted by Gasteiger charge is 2.21. The van der Waals surface area contributed by atoms with Gasteiger partial charge in [-0.3, -0.25) is 0 Å². The van der Waals surface area contributed by atoms with Gasteiger partial charge in [0.25, 0.3) is 0 Å². The van der Waals surface area contributed by atoms with Crippen LogP contribution in [-0.4, -0.2) is 117 Å². The Morgan fingerprint density at radius 1 is 0.629 bits per heavy atom. The van der Waals surface area contributed by atoms with Gasteiger partial charge in [-0.25, -0.2) is 0 Å². The SMILES string of the molecule is C=CCOc1ccccc1OCC(O)CNC(C)C.CC(C)(C)NC[C@H](O)COc1ccccc1C1CCCC1.COc1ccccc1OCCNCC(O)COc1cccc2[nH]c3ccccc3c12. The summed E-state index contributed by atoms with van der Waals surface area (Å²) in [5.41, 5.74) is 3.42. The van der Waals surface area contributed by atoms with Crippen LogP contribution in [0.1, 0.15) is 71.8 Å². The Kier molecular flexibility index (Phi) is 23.2. The number of nitrogens with one attached hydrogen (secondary N) is 4. The van der Waals surface area contributed by atoms with Crippen LogP contribution in [0.5, 0.6) is 34.5 Å². The van der Waals surface area contributed by atoms with Gasteiger partial charge in [-0.05, 0) is 93.6 Å². The van der Waals surface area contributed by atoms with Gasteiger partial charge in [0.1, 0.15) is 62.8 Å². The minimum Gasteiger partial charge on any atom is -0.493 e. The number of hydrogen-bond acceptors (Lipinski definition) is 12. The summed E-state index contributed by atoms with van der Waals surface area (Å²) < 4.78 is 33.9. The van der Waals surface area contributed by atoms with Crippen molar-refractivity contribution >= 4 is 21.8 Å². The summed E-state index contributed by atoms with van der Waals surface area (Å²) in [7, 11) is 1.62. The standard InChI is InChI=1S/C24H26N2O4.C18H29NO2.C15H23NO3/c1-28-21-10-4-5-11-22(21)29-14-13-25-15-17(27)16-30-23-12-6-9-20-24(23)18-7-2-3-8-19(18)26-20;1-18(2,3)19-12-15(20)13-21-17-11-7-6-10-16(17)14-8-4-5-9-14;1-4-9-18-14-7-5-6-8-15(14)19-11-13(17)10-16-12(2)3/h2-12,17,25-27H,13-16H2,1H3;6-7,10-11,14-15,19-20H,4-5,8-9,12-13H2,1-3H3;4-8,12-13,16-17H,1,9-11H2,2-3H3/t;15-;/m.0./s1. The summed E-state index contributed by atoms with van der Waals surface area (Å²) >= 11 is 0. The van der Waals surface area contributed by atoms with Gasteiger partial charge in [0, 0.05) is 54.0 Å². The highest BCUT2D eigenvalue weighted by Crippen LogP contribution is 2.39. The van der Waals surface area contributed by atoms with E-state index >= 15 is 0 Å². The number of aromatic amines is 1. The van der Waals surface area contributed by atoms with Gasteiger partial charge in [0.05, 0.1) is 12.6 Å². The number of aromatic nitrogens is 1. The fraction of sp³-hybridized carbons (Fsp3) is 0.439. The molecule has 2 unspecified atom stereocenters. The van der Waals surface area contributed by atoms with Crippen LogP contribution >= 0.6 is 0 Å². The Morgan fingerprint density at radius 3 is 1.81 bits per heavy atom. The average molecular weight is 963 g/mol. The maximum atomic E-state index is 10.3. The maximum absolute atomic E-state index is 10.3. The third kappa shape index (κ3) is 18.8. The molecule has 0 bridgehead atoms. The number of methoxy groups -OCH3 is 1. The Bertz CT molecular complexity index is 2410. The Balaban J connectivity index is 0.000000203. The van der Waals surface area contributed by atoms with Crippen molar-refractivity contribution in [1.82, 2.24) is 20.9 Å². The molecule has 5 aromatic carbocycles. The van der Waals surface area contributed by atoms with E-state index in [1.807, 2.05) is 111 Å². The zero-order chi connectivity index (χ0) is 50.1. The van der Waals surface area contributed by atoms with Crippen molar-refractivity contribution in [2.24, 2.45) is 0 Å². The van der Waals surface area contributed by atoms with E-state index < -0.39 is 18.3 Å². The van der Waals surface area contributed by atoms with E-state index in [0.717, 1.165) is 33.3 Å². The number of fused-ring (bicyclic) bond motifs is 3. The lowest BCUT2D eigenvalue weighted by atomic mass is 9.97. The first kappa shape index (κ1) is 55.1. The van der Waals surface area contributed by atoms with Gasteiger partial charge in [-0.1, -0.05) is 106 Å². The third-order valence-corrected chi connectivity index (χ3v) is 11.3. The highest BCUT2D eigenvalue weighted by atomic mass is 16.5. The lowest BCUT2D eigenvalue weighted by Gasteiger charge is -2.23. The van der Waals surface area contributed by atoms with Crippen LogP contribution in [0.2, 0.25) is 0 Å². The number of β-amino-alcohol motifs (C(OH)–C–C–N with tert-alkyl or cyclic N) is 1. The lowest BCUT2D eigenvalue weighted by molar-refractivity contribution is 0.0993. The Labute approximate surface area is 415 Å². The average Bonchev–Trinajstić information content (AvgIpc) is 4.05. The summed E-state index contributed by atoms with van der Waals surface area (Å²) in [6, 6.07) is 37.6. The number of rotatable bonds is 25. The lowest BCUT2D eigenvalue weighted by Crippen LogP contribution is -2.42. The van der Waals surface area contributed by atoms with E-state index in [2.05, 4.69) is 66.5 Å². The van der Waals surface area contributed by atoms with Crippen molar-refractivity contribution in [3.05, 3.63) is 133 Å². The second kappa shape index (κ2) is 29.4. The van der Waals surface area contributed by atoms with Crippen LogP contribution in [0.25, 0.3) is 21.8 Å². The van der Waals surface area contributed by atoms with Gasteiger partial charge in [-0.2, -0.15) is 0 Å². The monoisotopic (exact) mass is 963 g/mol. The molecule has 1 saturated carbocycles. The van der Waals surface area contributed by atoms with Crippen LogP contribution in [0, 0.1) is 0 Å². The summed E-state index contributed by atoms with van der Waals surface area (Å²) in [6.07, 6.45) is 5.17. The molecule has 6 aromatic rings. The molecule has 1 heterocycles. The van der Waals surface area contributed by atoms with Crippen molar-refractivity contribution in [1.29, 1.82) is 0 Å². The predicted octanol–water partition coefficient (Wildman–Crippen LogP) is 9.20. The molecule has 0 aliphatic heterocycles. The van der Waals surface area contributed by atoms with Crippen LogP contribution < -0.4 is 44.4 Å². The fourth-order valence-corrected chi connectivity index (χ4v) is 7.78. The maximum Gasteiger partial charge on any atom is 0.161 e. The number of hydrogen-bond donors (Lipinski definition) is 7. The normalized spacial score (nSPS) is 13.9. The molecule has 0 radical (unpaired) electrons. The zero-order valence-electron chi connectivity index (χ0n) is 42.1. The van der Waals surface area contributed by atoms with Gasteiger partial charge in [0.15, 0.2) is 23.0 Å². The fourth-order valence-electron chi connectivity index (χ4n) is 7.78. The minimum absolute atomic E-state index is 0.0166. The van der Waals surface area contributed by atoms with Gasteiger partial charge >= 0.3 is 0 Å². The van der Waals surface area contributed by atoms with Crippen molar-refractivity contribution in [3.8, 4) is 34.5 Å². The Hall–Kier alpha value is -5.80. The first-order valence-electron chi connectivity index (χ1n) is 24.6. The summed E-state index contributed by atoms with van der Waals surface area (Å²) in [5.74, 6) is 5.04. The molecule has 0 amide bonds. The van der Waals surface area contributed by atoms with Crippen LogP contribution in [0.4, 0.5) is 0 Å². The molecule has 1 fully saturated rings. The quantitative estimate of drug-likeness (QED) is 0.0215. The second-order valence-electron chi connectivity index (χ2n) is 18.7. The second-order valence-corrected chi connectivity index (χ2v) is 18.7. The molecule has 70 heavy (non-hydrogen) atoms. The van der Waals surface area contributed by atoms with Crippen molar-refractivity contribution in [2.75, 3.05) is 66.3 Å². The summed E-state index contributed by atoms with van der Waals surface area (Å²) in [5, 5.41) is 41.9. The van der Waals surface area contributed by atoms with E-state index in [-0.39, 0.29) is 18.8 Å². The van der Waals surface area contributed by atoms with Gasteiger partial charge in [-0.15, -0.1) is 0 Å². The zero-order valence-corrected chi connectivity index (χ0v) is 42.1. The molecule has 13 heteroatoms. The van der Waals surface area contributed by atoms with E-state index in [1.54, 1.807) is 13.2 Å². The molecule has 7 N–H and O–H groups in total. The molecule has 13 nitrogen and oxygen atoms in total. The van der Waals surface area contributed by atoms with E-state index in [1.165, 1.54) is 31.2 Å². The molecule has 1 aliphatic rings.